The predicted molar refractivity (Wildman–Crippen MR) is 122 cm³/mol. The Labute approximate surface area is 187 Å². The van der Waals surface area contributed by atoms with Crippen LogP contribution in [0.4, 0.5) is 5.69 Å². The van der Waals surface area contributed by atoms with Crippen molar-refractivity contribution in [2.45, 2.75) is 13.0 Å². The van der Waals surface area contributed by atoms with Crippen LogP contribution in [0.25, 0.3) is 0 Å². The summed E-state index contributed by atoms with van der Waals surface area (Å²) < 4.78 is 30.8. The average Bonchev–Trinajstić information content (AvgIpc) is 3.14. The Morgan fingerprint density at radius 2 is 1.50 bits per heavy atom. The first kappa shape index (κ1) is 22.0. The van der Waals surface area contributed by atoms with Gasteiger partial charge in [0, 0.05) is 26.2 Å². The lowest BCUT2D eigenvalue weighted by atomic mass is 9.96. The molecule has 1 fully saturated rings. The minimum absolute atomic E-state index is 0.0101. The molecule has 0 saturated carbocycles. The third-order valence-electron chi connectivity index (χ3n) is 5.55. The van der Waals surface area contributed by atoms with Crippen molar-refractivity contribution in [3.63, 3.8) is 0 Å². The zero-order valence-electron chi connectivity index (χ0n) is 18.1. The molecule has 2 aromatic carbocycles. The van der Waals surface area contributed by atoms with Crippen molar-refractivity contribution < 1.29 is 17.7 Å². The van der Waals surface area contributed by atoms with E-state index in [4.69, 9.17) is 4.52 Å². The second-order valence-corrected chi connectivity index (χ2v) is 9.64. The maximum atomic E-state index is 13.1. The van der Waals surface area contributed by atoms with Gasteiger partial charge in [-0.1, -0.05) is 65.8 Å². The van der Waals surface area contributed by atoms with Crippen LogP contribution < -0.4 is 4.72 Å². The van der Waals surface area contributed by atoms with Crippen LogP contribution in [0.15, 0.2) is 65.2 Å². The van der Waals surface area contributed by atoms with Gasteiger partial charge in [0.1, 0.15) is 5.69 Å². The van der Waals surface area contributed by atoms with Gasteiger partial charge in [0.2, 0.25) is 10.0 Å². The number of benzene rings is 2. The van der Waals surface area contributed by atoms with Crippen molar-refractivity contribution in [1.29, 1.82) is 0 Å². The molecule has 168 valence electrons. The Bertz CT molecular complexity index is 1130. The molecule has 1 amide bonds. The van der Waals surface area contributed by atoms with E-state index in [2.05, 4.69) is 39.0 Å². The summed E-state index contributed by atoms with van der Waals surface area (Å²) in [5, 5.41) is 3.82. The molecule has 0 radical (unpaired) electrons. The van der Waals surface area contributed by atoms with Gasteiger partial charge in [0.15, 0.2) is 11.5 Å². The lowest BCUT2D eigenvalue weighted by molar-refractivity contribution is 0.0588. The maximum Gasteiger partial charge on any atom is 0.278 e. The number of anilines is 1. The third-order valence-corrected chi connectivity index (χ3v) is 6.12. The van der Waals surface area contributed by atoms with Gasteiger partial charge in [0.25, 0.3) is 5.91 Å². The van der Waals surface area contributed by atoms with Gasteiger partial charge in [-0.3, -0.25) is 14.4 Å². The molecule has 8 nitrogen and oxygen atoms in total. The summed E-state index contributed by atoms with van der Waals surface area (Å²) in [6.45, 7) is 3.91. The average molecular weight is 455 g/mol. The number of hydrogen-bond acceptors (Lipinski definition) is 6. The Kier molecular flexibility index (Phi) is 6.29. The monoisotopic (exact) mass is 454 g/mol. The van der Waals surface area contributed by atoms with E-state index in [-0.39, 0.29) is 29.1 Å². The Balaban J connectivity index is 1.52. The Hall–Kier alpha value is -3.17. The molecule has 4 rings (SSSR count). The first-order chi connectivity index (χ1) is 15.3. The van der Waals surface area contributed by atoms with E-state index in [1.165, 1.54) is 11.1 Å². The highest BCUT2D eigenvalue weighted by atomic mass is 32.2. The molecule has 9 heteroatoms. The van der Waals surface area contributed by atoms with Gasteiger partial charge in [0.05, 0.1) is 12.3 Å². The smallest absolute Gasteiger partial charge is 0.278 e. The summed E-state index contributed by atoms with van der Waals surface area (Å²) in [5.41, 5.74) is 2.49. The number of rotatable bonds is 6. The molecule has 1 aliphatic rings. The van der Waals surface area contributed by atoms with Gasteiger partial charge in [-0.25, -0.2) is 8.42 Å². The minimum Gasteiger partial charge on any atom is -0.359 e. The first-order valence-corrected chi connectivity index (χ1v) is 12.3. The first-order valence-electron chi connectivity index (χ1n) is 10.4. The molecule has 1 N–H and O–H groups in total. The van der Waals surface area contributed by atoms with E-state index >= 15 is 0 Å². The van der Waals surface area contributed by atoms with Crippen molar-refractivity contribution in [2.24, 2.45) is 0 Å². The predicted octanol–water partition coefficient (Wildman–Crippen LogP) is 2.90. The van der Waals surface area contributed by atoms with E-state index in [0.717, 1.165) is 6.26 Å². The molecule has 32 heavy (non-hydrogen) atoms. The van der Waals surface area contributed by atoms with Crippen molar-refractivity contribution in [1.82, 2.24) is 15.0 Å². The van der Waals surface area contributed by atoms with E-state index in [1.807, 2.05) is 36.4 Å². The van der Waals surface area contributed by atoms with E-state index in [0.29, 0.717) is 26.2 Å². The number of piperazine rings is 1. The molecule has 0 spiro atoms. The SMILES string of the molecule is Cc1onc(C(=O)N2CCN(C(c3ccccc3)c3ccccc3)CC2)c1NS(C)(=O)=O. The summed E-state index contributed by atoms with van der Waals surface area (Å²) in [4.78, 5) is 17.1. The largest absolute Gasteiger partial charge is 0.359 e. The zero-order valence-corrected chi connectivity index (χ0v) is 18.9. The molecule has 1 aliphatic heterocycles. The summed E-state index contributed by atoms with van der Waals surface area (Å²) in [6, 6.07) is 20.7. The summed E-state index contributed by atoms with van der Waals surface area (Å²) >= 11 is 0. The van der Waals surface area contributed by atoms with Crippen LogP contribution in [-0.4, -0.2) is 61.7 Å². The van der Waals surface area contributed by atoms with Gasteiger partial charge in [-0.15, -0.1) is 0 Å². The number of carbonyl (C=O) groups excluding carboxylic acids is 1. The van der Waals surface area contributed by atoms with Crippen LogP contribution >= 0.6 is 0 Å². The number of amides is 1. The van der Waals surface area contributed by atoms with E-state index in [1.54, 1.807) is 11.8 Å². The number of sulfonamides is 1. The zero-order chi connectivity index (χ0) is 22.7. The number of aromatic nitrogens is 1. The topological polar surface area (TPSA) is 95.8 Å². The number of hydrogen-bond donors (Lipinski definition) is 1. The molecule has 1 aromatic heterocycles. The van der Waals surface area contributed by atoms with Crippen molar-refractivity contribution in [3.8, 4) is 0 Å². The molecule has 0 atom stereocenters. The van der Waals surface area contributed by atoms with Gasteiger partial charge < -0.3 is 9.42 Å². The highest BCUT2D eigenvalue weighted by molar-refractivity contribution is 7.92. The molecule has 3 aromatic rings. The van der Waals surface area contributed by atoms with Crippen molar-refractivity contribution in [2.75, 3.05) is 37.2 Å². The van der Waals surface area contributed by atoms with Crippen LogP contribution in [0.3, 0.4) is 0 Å². The minimum atomic E-state index is -3.57. The summed E-state index contributed by atoms with van der Waals surface area (Å²) in [5.74, 6) is -0.0887. The third kappa shape index (κ3) is 4.84. The second-order valence-electron chi connectivity index (χ2n) is 7.89. The number of aryl methyl sites for hydroxylation is 1. The van der Waals surface area contributed by atoms with Crippen molar-refractivity contribution in [3.05, 3.63) is 83.2 Å². The fraction of sp³-hybridized carbons (Fsp3) is 0.304. The molecular weight excluding hydrogens is 428 g/mol. The quantitative estimate of drug-likeness (QED) is 0.615. The van der Waals surface area contributed by atoms with Crippen LogP contribution in [0.1, 0.15) is 33.4 Å². The number of carbonyl (C=O) groups is 1. The lowest BCUT2D eigenvalue weighted by Gasteiger charge is -2.39. The second kappa shape index (κ2) is 9.13. The highest BCUT2D eigenvalue weighted by Gasteiger charge is 2.31. The van der Waals surface area contributed by atoms with Gasteiger partial charge >= 0.3 is 0 Å². The Morgan fingerprint density at radius 3 is 2.00 bits per heavy atom. The van der Waals surface area contributed by atoms with Gasteiger partial charge in [-0.2, -0.15) is 0 Å². The fourth-order valence-electron chi connectivity index (χ4n) is 4.04. The summed E-state index contributed by atoms with van der Waals surface area (Å²) in [7, 11) is -3.57. The molecule has 0 bridgehead atoms. The highest BCUT2D eigenvalue weighted by Crippen LogP contribution is 2.30. The molecular formula is C23H26N4O4S. The standard InChI is InChI=1S/C23H26N4O4S/c1-17-20(25-32(2,29)30)21(24-31-17)23(28)27-15-13-26(14-16-27)22(18-9-5-3-6-10-18)19-11-7-4-8-12-19/h3-12,22,25H,13-16H2,1-2H3. The molecule has 1 saturated heterocycles. The van der Waals surface area contributed by atoms with Crippen LogP contribution in [0.2, 0.25) is 0 Å². The summed E-state index contributed by atoms with van der Waals surface area (Å²) in [6.07, 6.45) is 1.03. The lowest BCUT2D eigenvalue weighted by Crippen LogP contribution is -2.50. The maximum absolute atomic E-state index is 13.1. The molecule has 0 aliphatic carbocycles. The van der Waals surface area contributed by atoms with Crippen LogP contribution in [0.5, 0.6) is 0 Å². The van der Waals surface area contributed by atoms with Gasteiger partial charge in [-0.05, 0) is 18.1 Å². The molecule has 2 heterocycles. The molecule has 0 unspecified atom stereocenters. The Morgan fingerprint density at radius 1 is 0.969 bits per heavy atom. The fourth-order valence-corrected chi connectivity index (χ4v) is 4.65. The van der Waals surface area contributed by atoms with Crippen LogP contribution in [0, 0.1) is 6.92 Å². The number of nitrogens with zero attached hydrogens (tertiary/aromatic N) is 3. The van der Waals surface area contributed by atoms with Crippen molar-refractivity contribution >= 4 is 21.6 Å². The van der Waals surface area contributed by atoms with E-state index in [9.17, 15) is 13.2 Å². The van der Waals surface area contributed by atoms with E-state index < -0.39 is 10.0 Å². The normalized spacial score (nSPS) is 15.2. The number of nitrogens with one attached hydrogen (secondary N) is 1. The van der Waals surface area contributed by atoms with Crippen LogP contribution in [-0.2, 0) is 10.0 Å².